The highest BCUT2D eigenvalue weighted by Crippen LogP contribution is 2.23. The Balaban J connectivity index is 1.86. The second kappa shape index (κ2) is 7.82. The van der Waals surface area contributed by atoms with Crippen LogP contribution in [0.5, 0.6) is 0 Å². The van der Waals surface area contributed by atoms with E-state index in [4.69, 9.17) is 0 Å². The van der Waals surface area contributed by atoms with Crippen LogP contribution in [0.25, 0.3) is 0 Å². The summed E-state index contributed by atoms with van der Waals surface area (Å²) in [4.78, 5) is 16.6. The van der Waals surface area contributed by atoms with Gasteiger partial charge in [-0.3, -0.25) is 14.5 Å². The van der Waals surface area contributed by atoms with Crippen molar-refractivity contribution in [2.24, 2.45) is 0 Å². The number of rotatable bonds is 5. The molecular weight excluding hydrogens is 374 g/mol. The number of nitrogens with one attached hydrogen (secondary N) is 2. The number of hydrogen-bond donors (Lipinski definition) is 2. The molecule has 144 valence electrons. The Hall–Kier alpha value is -3.19. The topological polar surface area (TPSA) is 88.2 Å². The molecule has 0 unspecified atom stereocenters. The standard InChI is InChI=1S/C21H21N3O3S/c1-14-5-4-6-19(11-14)24-28(26,27)20-12-18(10-7-15(20)2)23-21(25)17-9-8-16(3)22-13-17/h4-13,24H,1-3H3,(H,23,25). The van der Waals surface area contributed by atoms with E-state index in [2.05, 4.69) is 15.0 Å². The van der Waals surface area contributed by atoms with E-state index in [-0.39, 0.29) is 10.8 Å². The predicted molar refractivity (Wildman–Crippen MR) is 110 cm³/mol. The Labute approximate surface area is 164 Å². The number of carbonyl (C=O) groups is 1. The second-order valence-corrected chi connectivity index (χ2v) is 8.25. The van der Waals surface area contributed by atoms with Crippen LogP contribution in [0.3, 0.4) is 0 Å². The summed E-state index contributed by atoms with van der Waals surface area (Å²) in [5.41, 5.74) is 3.61. The smallest absolute Gasteiger partial charge is 0.262 e. The molecule has 0 bridgehead atoms. The number of aromatic nitrogens is 1. The first-order chi connectivity index (χ1) is 13.2. The van der Waals surface area contributed by atoms with Crippen LogP contribution >= 0.6 is 0 Å². The zero-order valence-electron chi connectivity index (χ0n) is 15.9. The van der Waals surface area contributed by atoms with Gasteiger partial charge in [0.2, 0.25) is 0 Å². The SMILES string of the molecule is Cc1cccc(NS(=O)(=O)c2cc(NC(=O)c3ccc(C)nc3)ccc2C)c1. The van der Waals surface area contributed by atoms with Gasteiger partial charge in [0, 0.05) is 23.3 Å². The molecule has 1 heterocycles. The maximum Gasteiger partial charge on any atom is 0.262 e. The molecule has 0 atom stereocenters. The molecule has 0 aliphatic carbocycles. The van der Waals surface area contributed by atoms with Gasteiger partial charge in [-0.15, -0.1) is 0 Å². The molecule has 0 aliphatic heterocycles. The van der Waals surface area contributed by atoms with E-state index in [0.717, 1.165) is 11.3 Å². The summed E-state index contributed by atoms with van der Waals surface area (Å²) in [6.07, 6.45) is 1.48. The minimum absolute atomic E-state index is 0.105. The van der Waals surface area contributed by atoms with E-state index >= 15 is 0 Å². The van der Waals surface area contributed by atoms with Gasteiger partial charge in [0.25, 0.3) is 15.9 Å². The highest BCUT2D eigenvalue weighted by atomic mass is 32.2. The van der Waals surface area contributed by atoms with Crippen LogP contribution in [0.1, 0.15) is 27.2 Å². The minimum Gasteiger partial charge on any atom is -0.322 e. The lowest BCUT2D eigenvalue weighted by molar-refractivity contribution is 0.102. The van der Waals surface area contributed by atoms with Crippen LogP contribution in [0, 0.1) is 20.8 Å². The van der Waals surface area contributed by atoms with Crippen molar-refractivity contribution < 1.29 is 13.2 Å². The fraction of sp³-hybridized carbons (Fsp3) is 0.143. The van der Waals surface area contributed by atoms with E-state index in [9.17, 15) is 13.2 Å². The van der Waals surface area contributed by atoms with E-state index in [1.165, 1.54) is 12.3 Å². The predicted octanol–water partition coefficient (Wildman–Crippen LogP) is 4.06. The Morgan fingerprint density at radius 2 is 1.71 bits per heavy atom. The summed E-state index contributed by atoms with van der Waals surface area (Å²) in [6, 6.07) is 15.3. The molecule has 0 aliphatic rings. The Morgan fingerprint density at radius 1 is 0.929 bits per heavy atom. The molecule has 2 aromatic carbocycles. The van der Waals surface area contributed by atoms with Crippen molar-refractivity contribution >= 4 is 27.3 Å². The third-order valence-corrected chi connectivity index (χ3v) is 5.70. The first kappa shape index (κ1) is 19.6. The van der Waals surface area contributed by atoms with Gasteiger partial charge >= 0.3 is 0 Å². The Morgan fingerprint density at radius 3 is 2.39 bits per heavy atom. The molecule has 28 heavy (non-hydrogen) atoms. The summed E-state index contributed by atoms with van der Waals surface area (Å²) < 4.78 is 28.3. The van der Waals surface area contributed by atoms with Crippen molar-refractivity contribution in [3.8, 4) is 0 Å². The number of sulfonamides is 1. The van der Waals surface area contributed by atoms with Crippen molar-refractivity contribution in [3.63, 3.8) is 0 Å². The monoisotopic (exact) mass is 395 g/mol. The maximum absolute atomic E-state index is 12.8. The van der Waals surface area contributed by atoms with Crippen molar-refractivity contribution in [1.82, 2.24) is 4.98 Å². The largest absolute Gasteiger partial charge is 0.322 e. The van der Waals surface area contributed by atoms with E-state index in [1.807, 2.05) is 19.9 Å². The van der Waals surface area contributed by atoms with Crippen molar-refractivity contribution in [3.05, 3.63) is 83.2 Å². The van der Waals surface area contributed by atoms with Crippen LogP contribution in [0.15, 0.2) is 65.7 Å². The molecule has 1 amide bonds. The first-order valence-electron chi connectivity index (χ1n) is 8.69. The average molecular weight is 395 g/mol. The van der Waals surface area contributed by atoms with Crippen LogP contribution in [-0.4, -0.2) is 19.3 Å². The third-order valence-electron chi connectivity index (χ3n) is 4.18. The van der Waals surface area contributed by atoms with Crippen molar-refractivity contribution in [2.75, 3.05) is 10.0 Å². The molecule has 0 spiro atoms. The zero-order valence-corrected chi connectivity index (χ0v) is 16.7. The van der Waals surface area contributed by atoms with Gasteiger partial charge in [-0.2, -0.15) is 0 Å². The molecule has 0 radical (unpaired) electrons. The lowest BCUT2D eigenvalue weighted by Gasteiger charge is -2.13. The van der Waals surface area contributed by atoms with Gasteiger partial charge in [0.15, 0.2) is 0 Å². The second-order valence-electron chi connectivity index (χ2n) is 6.60. The Kier molecular flexibility index (Phi) is 5.46. The number of nitrogens with zero attached hydrogens (tertiary/aromatic N) is 1. The molecule has 3 rings (SSSR count). The van der Waals surface area contributed by atoms with Gasteiger partial charge in [-0.1, -0.05) is 18.2 Å². The maximum atomic E-state index is 12.8. The number of aryl methyl sites for hydroxylation is 3. The molecule has 7 heteroatoms. The number of anilines is 2. The number of hydrogen-bond acceptors (Lipinski definition) is 4. The molecule has 6 nitrogen and oxygen atoms in total. The number of amides is 1. The third kappa shape index (κ3) is 4.55. The fourth-order valence-corrected chi connectivity index (χ4v) is 4.01. The lowest BCUT2D eigenvalue weighted by Crippen LogP contribution is -2.16. The Bertz CT molecular complexity index is 1120. The highest BCUT2D eigenvalue weighted by molar-refractivity contribution is 7.92. The van der Waals surface area contributed by atoms with Crippen LogP contribution in [0.4, 0.5) is 11.4 Å². The van der Waals surface area contributed by atoms with E-state index in [1.54, 1.807) is 49.4 Å². The number of benzene rings is 2. The van der Waals surface area contributed by atoms with E-state index < -0.39 is 10.0 Å². The average Bonchev–Trinajstić information content (AvgIpc) is 2.63. The van der Waals surface area contributed by atoms with Crippen LogP contribution in [0.2, 0.25) is 0 Å². The minimum atomic E-state index is -3.80. The molecule has 0 saturated carbocycles. The van der Waals surface area contributed by atoms with Crippen molar-refractivity contribution in [1.29, 1.82) is 0 Å². The summed E-state index contributed by atoms with van der Waals surface area (Å²) in [7, 11) is -3.80. The molecule has 3 aromatic rings. The summed E-state index contributed by atoms with van der Waals surface area (Å²) >= 11 is 0. The molecule has 1 aromatic heterocycles. The van der Waals surface area contributed by atoms with E-state index in [0.29, 0.717) is 22.5 Å². The molecule has 0 saturated heterocycles. The van der Waals surface area contributed by atoms with Gasteiger partial charge in [0.05, 0.1) is 10.5 Å². The van der Waals surface area contributed by atoms with Crippen molar-refractivity contribution in [2.45, 2.75) is 25.7 Å². The fourth-order valence-electron chi connectivity index (χ4n) is 2.69. The quantitative estimate of drug-likeness (QED) is 0.682. The van der Waals surface area contributed by atoms with Gasteiger partial charge in [-0.25, -0.2) is 8.42 Å². The summed E-state index contributed by atoms with van der Waals surface area (Å²) in [5.74, 6) is -0.355. The molecule has 2 N–H and O–H groups in total. The van der Waals surface area contributed by atoms with Gasteiger partial charge in [-0.05, 0) is 68.3 Å². The molecule has 0 fully saturated rings. The van der Waals surface area contributed by atoms with Gasteiger partial charge < -0.3 is 5.32 Å². The normalized spacial score (nSPS) is 11.1. The van der Waals surface area contributed by atoms with Crippen LogP contribution < -0.4 is 10.0 Å². The first-order valence-corrected chi connectivity index (χ1v) is 10.2. The lowest BCUT2D eigenvalue weighted by atomic mass is 10.2. The number of carbonyl (C=O) groups excluding carboxylic acids is 1. The molecular formula is C21H21N3O3S. The zero-order chi connectivity index (χ0) is 20.3. The summed E-state index contributed by atoms with van der Waals surface area (Å²) in [5, 5.41) is 2.72. The highest BCUT2D eigenvalue weighted by Gasteiger charge is 2.18. The van der Waals surface area contributed by atoms with Crippen LogP contribution in [-0.2, 0) is 10.0 Å². The summed E-state index contributed by atoms with van der Waals surface area (Å²) in [6.45, 7) is 5.43. The number of pyridine rings is 1. The van der Waals surface area contributed by atoms with Gasteiger partial charge in [0.1, 0.15) is 0 Å².